The molecular weight excluding hydrogens is 276 g/mol. The van der Waals surface area contributed by atoms with E-state index in [1.165, 1.54) is 11.3 Å². The molecule has 1 aliphatic heterocycles. The van der Waals surface area contributed by atoms with E-state index in [2.05, 4.69) is 29.5 Å². The second-order valence-electron chi connectivity index (χ2n) is 4.95. The van der Waals surface area contributed by atoms with Crippen LogP contribution in [0.5, 0.6) is 0 Å². The molecule has 2 N–H and O–H groups in total. The average molecular weight is 296 g/mol. The minimum Gasteiger partial charge on any atom is -0.327 e. The lowest BCUT2D eigenvalue weighted by Crippen LogP contribution is -2.57. The molecule has 0 spiro atoms. The third kappa shape index (κ3) is 3.16. The van der Waals surface area contributed by atoms with Crippen LogP contribution in [0, 0.1) is 0 Å². The molecule has 0 bridgehead atoms. The number of anilines is 1. The van der Waals surface area contributed by atoms with Crippen molar-refractivity contribution in [3.8, 4) is 0 Å². The molecule has 20 heavy (non-hydrogen) atoms. The molecule has 2 atom stereocenters. The van der Waals surface area contributed by atoms with Gasteiger partial charge in [0.25, 0.3) is 0 Å². The van der Waals surface area contributed by atoms with E-state index in [-0.39, 0.29) is 30.4 Å². The summed E-state index contributed by atoms with van der Waals surface area (Å²) in [7, 11) is 0. The van der Waals surface area contributed by atoms with Crippen LogP contribution in [-0.2, 0) is 9.59 Å². The zero-order valence-corrected chi connectivity index (χ0v) is 12.8. The zero-order chi connectivity index (χ0) is 14.7. The fourth-order valence-electron chi connectivity index (χ4n) is 2.02. The van der Waals surface area contributed by atoms with E-state index in [4.69, 9.17) is 0 Å². The van der Waals surface area contributed by atoms with Crippen molar-refractivity contribution in [3.05, 3.63) is 11.1 Å². The number of hydrogen-bond donors (Lipinski definition) is 2. The standard InChI is InChI=1S/C13H20N4O2S/c1-4-5-14-8(2)10-7-20-13(15-10)17-6-11(18)16-12(19)9(17)3/h7-9,14H,4-6H2,1-3H3,(H,16,18,19). The van der Waals surface area contributed by atoms with Crippen molar-refractivity contribution in [2.24, 2.45) is 0 Å². The molecule has 6 nitrogen and oxygen atoms in total. The topological polar surface area (TPSA) is 74.3 Å². The van der Waals surface area contributed by atoms with Crippen molar-refractivity contribution >= 4 is 28.3 Å². The summed E-state index contributed by atoms with van der Waals surface area (Å²) in [5.74, 6) is -0.544. The summed E-state index contributed by atoms with van der Waals surface area (Å²) in [5, 5.41) is 8.41. The molecule has 110 valence electrons. The van der Waals surface area contributed by atoms with Gasteiger partial charge in [0.1, 0.15) is 12.6 Å². The van der Waals surface area contributed by atoms with E-state index < -0.39 is 0 Å². The Bertz CT molecular complexity index is 502. The van der Waals surface area contributed by atoms with Gasteiger partial charge in [0.15, 0.2) is 5.13 Å². The van der Waals surface area contributed by atoms with Gasteiger partial charge in [-0.3, -0.25) is 14.9 Å². The van der Waals surface area contributed by atoms with Gasteiger partial charge in [-0.1, -0.05) is 6.92 Å². The number of carbonyl (C=O) groups is 2. The molecular formula is C13H20N4O2S. The quantitative estimate of drug-likeness (QED) is 0.795. The van der Waals surface area contributed by atoms with Crippen molar-refractivity contribution in [1.29, 1.82) is 0 Å². The summed E-state index contributed by atoms with van der Waals surface area (Å²) in [4.78, 5) is 29.4. The molecule has 0 radical (unpaired) electrons. The number of nitrogens with one attached hydrogen (secondary N) is 2. The van der Waals surface area contributed by atoms with Crippen molar-refractivity contribution in [2.45, 2.75) is 39.3 Å². The lowest BCUT2D eigenvalue weighted by atomic mass is 10.2. The maximum atomic E-state index is 11.7. The molecule has 1 aromatic rings. The fourth-order valence-corrected chi connectivity index (χ4v) is 3.02. The molecule has 1 saturated heterocycles. The highest BCUT2D eigenvalue weighted by Crippen LogP contribution is 2.26. The van der Waals surface area contributed by atoms with Gasteiger partial charge in [-0.25, -0.2) is 4.98 Å². The van der Waals surface area contributed by atoms with Crippen LogP contribution in [0.25, 0.3) is 0 Å². The van der Waals surface area contributed by atoms with Crippen LogP contribution in [0.2, 0.25) is 0 Å². The Kier molecular flexibility index (Phi) is 4.72. The van der Waals surface area contributed by atoms with Gasteiger partial charge in [-0.2, -0.15) is 0 Å². The largest absolute Gasteiger partial charge is 0.327 e. The Morgan fingerprint density at radius 2 is 2.35 bits per heavy atom. The smallest absolute Gasteiger partial charge is 0.249 e. The third-order valence-electron chi connectivity index (χ3n) is 3.32. The maximum absolute atomic E-state index is 11.7. The highest BCUT2D eigenvalue weighted by Gasteiger charge is 2.32. The molecule has 0 aliphatic carbocycles. The van der Waals surface area contributed by atoms with Crippen LogP contribution < -0.4 is 15.5 Å². The SMILES string of the molecule is CCCNC(C)c1csc(N2CC(=O)NC(=O)C2C)n1. The third-order valence-corrected chi connectivity index (χ3v) is 4.22. The van der Waals surface area contributed by atoms with Gasteiger partial charge < -0.3 is 10.2 Å². The van der Waals surface area contributed by atoms with Gasteiger partial charge in [0, 0.05) is 11.4 Å². The van der Waals surface area contributed by atoms with E-state index in [1.807, 2.05) is 5.38 Å². The number of imide groups is 1. The van der Waals surface area contributed by atoms with E-state index in [9.17, 15) is 9.59 Å². The first-order valence-corrected chi connectivity index (χ1v) is 7.70. The molecule has 7 heteroatoms. The van der Waals surface area contributed by atoms with Crippen LogP contribution in [0.3, 0.4) is 0 Å². The van der Waals surface area contributed by atoms with Crippen molar-refractivity contribution < 1.29 is 9.59 Å². The summed E-state index contributed by atoms with van der Waals surface area (Å²) in [5.41, 5.74) is 0.948. The number of thiazole rings is 1. The lowest BCUT2D eigenvalue weighted by Gasteiger charge is -2.31. The summed E-state index contributed by atoms with van der Waals surface area (Å²) >= 11 is 1.47. The molecule has 2 rings (SSSR count). The van der Waals surface area contributed by atoms with Crippen LogP contribution in [0.15, 0.2) is 5.38 Å². The second-order valence-corrected chi connectivity index (χ2v) is 5.78. The second kappa shape index (κ2) is 6.32. The molecule has 1 aromatic heterocycles. The number of amides is 2. The summed E-state index contributed by atoms with van der Waals surface area (Å²) in [6.45, 7) is 7.07. The molecule has 2 amide bonds. The van der Waals surface area contributed by atoms with E-state index >= 15 is 0 Å². The summed E-state index contributed by atoms with van der Waals surface area (Å²) in [6, 6.07) is -0.199. The molecule has 2 unspecified atom stereocenters. The maximum Gasteiger partial charge on any atom is 0.249 e. The van der Waals surface area contributed by atoms with Crippen LogP contribution in [0.4, 0.5) is 5.13 Å². The lowest BCUT2D eigenvalue weighted by molar-refractivity contribution is -0.132. The van der Waals surface area contributed by atoms with Gasteiger partial charge in [0.2, 0.25) is 11.8 Å². The van der Waals surface area contributed by atoms with Crippen molar-refractivity contribution in [3.63, 3.8) is 0 Å². The molecule has 0 saturated carbocycles. The molecule has 0 aromatic carbocycles. The first-order valence-electron chi connectivity index (χ1n) is 6.82. The Morgan fingerprint density at radius 3 is 3.05 bits per heavy atom. The molecule has 1 aliphatic rings. The average Bonchev–Trinajstić information content (AvgIpc) is 2.89. The summed E-state index contributed by atoms with van der Waals surface area (Å²) < 4.78 is 0. The zero-order valence-electron chi connectivity index (χ0n) is 12.0. The Morgan fingerprint density at radius 1 is 1.60 bits per heavy atom. The van der Waals surface area contributed by atoms with Gasteiger partial charge >= 0.3 is 0 Å². The van der Waals surface area contributed by atoms with Crippen LogP contribution in [0.1, 0.15) is 38.9 Å². The predicted octanol–water partition coefficient (Wildman–Crippen LogP) is 1.05. The molecule has 2 heterocycles. The summed E-state index contributed by atoms with van der Waals surface area (Å²) in [6.07, 6.45) is 1.07. The van der Waals surface area contributed by atoms with Gasteiger partial charge in [0.05, 0.1) is 5.69 Å². The van der Waals surface area contributed by atoms with Gasteiger partial charge in [-0.15, -0.1) is 11.3 Å². The fraction of sp³-hybridized carbons (Fsp3) is 0.615. The number of aromatic nitrogens is 1. The number of carbonyl (C=O) groups excluding carboxylic acids is 2. The van der Waals surface area contributed by atoms with Crippen LogP contribution in [-0.4, -0.2) is 35.9 Å². The Hall–Kier alpha value is -1.47. The first-order chi connectivity index (χ1) is 9.52. The van der Waals surface area contributed by atoms with E-state index in [1.54, 1.807) is 11.8 Å². The van der Waals surface area contributed by atoms with E-state index in [0.717, 1.165) is 23.8 Å². The first kappa shape index (κ1) is 14.9. The Labute approximate surface area is 122 Å². The minimum absolute atomic E-state index is 0.171. The number of piperazine rings is 1. The number of rotatable bonds is 5. The van der Waals surface area contributed by atoms with Crippen molar-refractivity contribution in [1.82, 2.24) is 15.6 Å². The van der Waals surface area contributed by atoms with Crippen molar-refractivity contribution in [2.75, 3.05) is 18.0 Å². The molecule has 1 fully saturated rings. The Balaban J connectivity index is 2.11. The number of hydrogen-bond acceptors (Lipinski definition) is 6. The minimum atomic E-state index is -0.370. The highest BCUT2D eigenvalue weighted by molar-refractivity contribution is 7.13. The number of nitrogens with zero attached hydrogens (tertiary/aromatic N) is 2. The van der Waals surface area contributed by atoms with E-state index in [0.29, 0.717) is 0 Å². The van der Waals surface area contributed by atoms with Gasteiger partial charge in [-0.05, 0) is 26.8 Å². The van der Waals surface area contributed by atoms with Crippen LogP contribution >= 0.6 is 11.3 Å². The predicted molar refractivity (Wildman–Crippen MR) is 78.8 cm³/mol. The highest BCUT2D eigenvalue weighted by atomic mass is 32.1. The monoisotopic (exact) mass is 296 g/mol. The normalized spacial score (nSPS) is 20.9.